The number of ether oxygens (including phenoxy) is 2. The van der Waals surface area contributed by atoms with Gasteiger partial charge in [0.1, 0.15) is 0 Å². The predicted molar refractivity (Wildman–Crippen MR) is 111 cm³/mol. The number of halogens is 1. The Hall–Kier alpha value is -3.51. The van der Waals surface area contributed by atoms with Crippen LogP contribution in [0.25, 0.3) is 0 Å². The van der Waals surface area contributed by atoms with Crippen molar-refractivity contribution in [2.75, 3.05) is 19.1 Å². The van der Waals surface area contributed by atoms with Crippen LogP contribution >= 0.6 is 11.6 Å². The van der Waals surface area contributed by atoms with Crippen LogP contribution in [0.5, 0.6) is 11.5 Å². The monoisotopic (exact) mass is 411 g/mol. The summed E-state index contributed by atoms with van der Waals surface area (Å²) in [6, 6.07) is 18.2. The molecule has 0 aliphatic heterocycles. The smallest absolute Gasteiger partial charge is 0.345 e. The highest BCUT2D eigenvalue weighted by atomic mass is 35.5. The molecule has 1 N–H and O–H groups in total. The minimum atomic E-state index is -1.00. The fourth-order valence-electron chi connectivity index (χ4n) is 2.73. The molecule has 0 radical (unpaired) electrons. The van der Waals surface area contributed by atoms with Gasteiger partial charge in [0.2, 0.25) is 0 Å². The van der Waals surface area contributed by atoms with E-state index in [9.17, 15) is 14.7 Å². The minimum Gasteiger partial charge on any atom is -0.493 e. The van der Waals surface area contributed by atoms with E-state index in [0.717, 1.165) is 5.69 Å². The van der Waals surface area contributed by atoms with E-state index in [1.54, 1.807) is 72.6 Å². The van der Waals surface area contributed by atoms with Gasteiger partial charge in [0.05, 0.1) is 23.3 Å². The molecule has 3 aromatic rings. The summed E-state index contributed by atoms with van der Waals surface area (Å²) in [5.41, 5.74) is 1.85. The number of aromatic carboxylic acids is 1. The van der Waals surface area contributed by atoms with Crippen LogP contribution in [-0.2, 0) is 0 Å². The first-order chi connectivity index (χ1) is 13.9. The molecule has 148 valence electrons. The molecule has 0 aliphatic carbocycles. The van der Waals surface area contributed by atoms with E-state index in [2.05, 4.69) is 0 Å². The van der Waals surface area contributed by atoms with Crippen molar-refractivity contribution in [3.05, 3.63) is 82.9 Å². The number of carboxylic acid groups (broad SMARTS) is 1. The summed E-state index contributed by atoms with van der Waals surface area (Å²) >= 11 is 6.05. The molecule has 0 saturated carbocycles. The summed E-state index contributed by atoms with van der Waals surface area (Å²) in [7, 11) is 3.27. The van der Waals surface area contributed by atoms with Crippen molar-refractivity contribution in [3.63, 3.8) is 0 Å². The third kappa shape index (κ3) is 4.50. The summed E-state index contributed by atoms with van der Waals surface area (Å²) in [4.78, 5) is 25.4. The van der Waals surface area contributed by atoms with Crippen LogP contribution in [0.15, 0.2) is 66.7 Å². The molecule has 0 saturated heterocycles. The number of carboxylic acids is 1. The van der Waals surface area contributed by atoms with E-state index < -0.39 is 11.9 Å². The Balaban J connectivity index is 1.87. The summed E-state index contributed by atoms with van der Waals surface area (Å²) in [5.74, 6) is -0.998. The molecule has 7 heteroatoms. The normalized spacial score (nSPS) is 10.3. The van der Waals surface area contributed by atoms with Gasteiger partial charge >= 0.3 is 11.9 Å². The van der Waals surface area contributed by atoms with E-state index in [1.807, 2.05) is 0 Å². The zero-order chi connectivity index (χ0) is 21.0. The molecule has 3 rings (SSSR count). The second-order valence-electron chi connectivity index (χ2n) is 6.12. The van der Waals surface area contributed by atoms with Crippen LogP contribution in [-0.4, -0.2) is 31.2 Å². The highest BCUT2D eigenvalue weighted by Crippen LogP contribution is 2.35. The highest BCUT2D eigenvalue weighted by molar-refractivity contribution is 6.33. The van der Waals surface area contributed by atoms with Gasteiger partial charge in [0.25, 0.3) is 0 Å². The highest BCUT2D eigenvalue weighted by Gasteiger charge is 2.17. The van der Waals surface area contributed by atoms with Gasteiger partial charge in [-0.15, -0.1) is 0 Å². The fraction of sp³-hybridized carbons (Fsp3) is 0.0909. The SMILES string of the molecule is COc1cc(N(C)c2cccc(C(=O)O)c2)ccc1OC(=O)c1ccccc1Cl. The Morgan fingerprint density at radius 1 is 0.931 bits per heavy atom. The molecule has 0 bridgehead atoms. The average Bonchev–Trinajstić information content (AvgIpc) is 2.73. The van der Waals surface area contributed by atoms with Crippen LogP contribution in [0.3, 0.4) is 0 Å². The number of benzene rings is 3. The van der Waals surface area contributed by atoms with Crippen LogP contribution in [0.2, 0.25) is 5.02 Å². The van der Waals surface area contributed by atoms with Crippen molar-refractivity contribution >= 4 is 34.9 Å². The molecule has 0 atom stereocenters. The molecule has 29 heavy (non-hydrogen) atoms. The quantitative estimate of drug-likeness (QED) is 0.452. The lowest BCUT2D eigenvalue weighted by molar-refractivity contribution is 0.0694. The van der Waals surface area contributed by atoms with E-state index in [-0.39, 0.29) is 16.9 Å². The van der Waals surface area contributed by atoms with Crippen LogP contribution < -0.4 is 14.4 Å². The molecular weight excluding hydrogens is 394 g/mol. The zero-order valence-corrected chi connectivity index (χ0v) is 16.5. The largest absolute Gasteiger partial charge is 0.493 e. The van der Waals surface area contributed by atoms with Crippen molar-refractivity contribution in [2.24, 2.45) is 0 Å². The molecular formula is C22H18ClNO5. The van der Waals surface area contributed by atoms with Crippen molar-refractivity contribution < 1.29 is 24.2 Å². The van der Waals surface area contributed by atoms with Gasteiger partial charge in [-0.05, 0) is 42.5 Å². The van der Waals surface area contributed by atoms with Crippen LogP contribution in [0.1, 0.15) is 20.7 Å². The van der Waals surface area contributed by atoms with Gasteiger partial charge in [0.15, 0.2) is 11.5 Å². The van der Waals surface area contributed by atoms with E-state index in [1.165, 1.54) is 13.2 Å². The van der Waals surface area contributed by atoms with Gasteiger partial charge in [-0.3, -0.25) is 0 Å². The molecule has 0 fully saturated rings. The first-order valence-electron chi connectivity index (χ1n) is 8.62. The van der Waals surface area contributed by atoms with E-state index >= 15 is 0 Å². The van der Waals surface area contributed by atoms with Crippen molar-refractivity contribution in [3.8, 4) is 11.5 Å². The number of carbonyl (C=O) groups excluding carboxylic acids is 1. The number of nitrogens with zero attached hydrogens (tertiary/aromatic N) is 1. The number of carbonyl (C=O) groups is 2. The first-order valence-corrected chi connectivity index (χ1v) is 9.00. The second-order valence-corrected chi connectivity index (χ2v) is 6.53. The maximum Gasteiger partial charge on any atom is 0.345 e. The third-order valence-electron chi connectivity index (χ3n) is 4.31. The second kappa shape index (κ2) is 8.67. The van der Waals surface area contributed by atoms with Crippen LogP contribution in [0.4, 0.5) is 11.4 Å². The summed E-state index contributed by atoms with van der Waals surface area (Å²) < 4.78 is 10.8. The Labute approximate surface area is 172 Å². The number of methoxy groups -OCH3 is 1. The van der Waals surface area contributed by atoms with Gasteiger partial charge in [0, 0.05) is 24.5 Å². The molecule has 6 nitrogen and oxygen atoms in total. The zero-order valence-electron chi connectivity index (χ0n) is 15.8. The summed E-state index contributed by atoms with van der Waals surface area (Å²) in [6.07, 6.45) is 0. The topological polar surface area (TPSA) is 76.1 Å². The lowest BCUT2D eigenvalue weighted by atomic mass is 10.1. The molecule has 0 spiro atoms. The standard InChI is InChI=1S/C22H18ClNO5/c1-24(15-7-5-6-14(12-15)21(25)26)16-10-11-19(20(13-16)28-2)29-22(27)17-8-3-4-9-18(17)23/h3-13H,1-2H3,(H,25,26). The first kappa shape index (κ1) is 20.2. The molecule has 0 aliphatic rings. The Morgan fingerprint density at radius 2 is 1.66 bits per heavy atom. The fourth-order valence-corrected chi connectivity index (χ4v) is 2.94. The number of hydrogen-bond acceptors (Lipinski definition) is 5. The number of esters is 1. The van der Waals surface area contributed by atoms with Gasteiger partial charge < -0.3 is 19.5 Å². The molecule has 0 heterocycles. The third-order valence-corrected chi connectivity index (χ3v) is 4.64. The predicted octanol–water partition coefficient (Wildman–Crippen LogP) is 5.03. The minimum absolute atomic E-state index is 0.187. The number of anilines is 2. The number of hydrogen-bond donors (Lipinski definition) is 1. The Bertz CT molecular complexity index is 1070. The van der Waals surface area contributed by atoms with Gasteiger partial charge in [-0.2, -0.15) is 0 Å². The lowest BCUT2D eigenvalue weighted by Gasteiger charge is -2.21. The van der Waals surface area contributed by atoms with Gasteiger partial charge in [-0.1, -0.05) is 29.8 Å². The van der Waals surface area contributed by atoms with Crippen molar-refractivity contribution in [1.82, 2.24) is 0 Å². The molecule has 0 aromatic heterocycles. The maximum absolute atomic E-state index is 12.4. The average molecular weight is 412 g/mol. The van der Waals surface area contributed by atoms with Crippen molar-refractivity contribution in [2.45, 2.75) is 0 Å². The Morgan fingerprint density at radius 3 is 2.34 bits per heavy atom. The van der Waals surface area contributed by atoms with Gasteiger partial charge in [-0.25, -0.2) is 9.59 Å². The van der Waals surface area contributed by atoms with E-state index in [4.69, 9.17) is 21.1 Å². The van der Waals surface area contributed by atoms with E-state index in [0.29, 0.717) is 16.5 Å². The molecule has 0 unspecified atom stereocenters. The Kier molecular flexibility index (Phi) is 6.04. The summed E-state index contributed by atoms with van der Waals surface area (Å²) in [6.45, 7) is 0. The number of rotatable bonds is 6. The van der Waals surface area contributed by atoms with Crippen LogP contribution in [0, 0.1) is 0 Å². The summed E-state index contributed by atoms with van der Waals surface area (Å²) in [5, 5.41) is 9.48. The maximum atomic E-state index is 12.4. The lowest BCUT2D eigenvalue weighted by Crippen LogP contribution is -2.12. The molecule has 0 amide bonds. The molecule has 3 aromatic carbocycles. The van der Waals surface area contributed by atoms with Crippen molar-refractivity contribution in [1.29, 1.82) is 0 Å².